The van der Waals surface area contributed by atoms with Crippen LogP contribution in [0.5, 0.6) is 11.5 Å². The standard InChI is InChI=1S/C14H11FO2.C2H6/c1-3-8-5-9(16)6-11-13(17)7-12(15)10(4-2)14(8)11;1-2/h2,5-7,16-17H,3H2,1H3;1-2H3. The van der Waals surface area contributed by atoms with Crippen LogP contribution in [0.4, 0.5) is 4.39 Å². The first-order valence-corrected chi connectivity index (χ1v) is 6.22. The maximum absolute atomic E-state index is 13.6. The van der Waals surface area contributed by atoms with Crippen LogP contribution < -0.4 is 0 Å². The van der Waals surface area contributed by atoms with Crippen molar-refractivity contribution in [3.63, 3.8) is 0 Å². The fraction of sp³-hybridized carbons (Fsp3) is 0.250. The van der Waals surface area contributed by atoms with Crippen LogP contribution in [-0.4, -0.2) is 10.2 Å². The van der Waals surface area contributed by atoms with Crippen molar-refractivity contribution in [2.24, 2.45) is 0 Å². The molecule has 100 valence electrons. The van der Waals surface area contributed by atoms with E-state index in [1.54, 1.807) is 0 Å². The maximum Gasteiger partial charge on any atom is 0.143 e. The average Bonchev–Trinajstić information content (AvgIpc) is 2.41. The largest absolute Gasteiger partial charge is 0.508 e. The Kier molecular flexibility index (Phi) is 4.77. The number of halogens is 1. The lowest BCUT2D eigenvalue weighted by Gasteiger charge is -2.10. The van der Waals surface area contributed by atoms with Crippen LogP contribution in [0.3, 0.4) is 0 Å². The summed E-state index contributed by atoms with van der Waals surface area (Å²) in [6.45, 7) is 5.87. The van der Waals surface area contributed by atoms with E-state index in [0.717, 1.165) is 6.07 Å². The number of aromatic hydroxyl groups is 2. The molecule has 0 aromatic heterocycles. The van der Waals surface area contributed by atoms with Crippen molar-refractivity contribution < 1.29 is 14.6 Å². The van der Waals surface area contributed by atoms with E-state index in [-0.39, 0.29) is 17.1 Å². The fourth-order valence-corrected chi connectivity index (χ4v) is 1.99. The fourth-order valence-electron chi connectivity index (χ4n) is 1.99. The van der Waals surface area contributed by atoms with Gasteiger partial charge < -0.3 is 10.2 Å². The summed E-state index contributed by atoms with van der Waals surface area (Å²) in [4.78, 5) is 0. The first-order chi connectivity index (χ1) is 9.08. The highest BCUT2D eigenvalue weighted by molar-refractivity contribution is 5.96. The Morgan fingerprint density at radius 1 is 1.21 bits per heavy atom. The second kappa shape index (κ2) is 6.10. The van der Waals surface area contributed by atoms with Gasteiger partial charge in [0.05, 0.1) is 5.56 Å². The molecule has 0 fully saturated rings. The normalized spacial score (nSPS) is 9.63. The van der Waals surface area contributed by atoms with Crippen LogP contribution in [0.15, 0.2) is 18.2 Å². The molecule has 19 heavy (non-hydrogen) atoms. The van der Waals surface area contributed by atoms with E-state index < -0.39 is 5.82 Å². The second-order valence-electron chi connectivity index (χ2n) is 3.78. The number of hydrogen-bond donors (Lipinski definition) is 2. The third-order valence-corrected chi connectivity index (χ3v) is 2.76. The summed E-state index contributed by atoms with van der Waals surface area (Å²) in [5.41, 5.74) is 0.831. The van der Waals surface area contributed by atoms with Crippen LogP contribution in [0.25, 0.3) is 10.8 Å². The zero-order valence-corrected chi connectivity index (χ0v) is 11.3. The van der Waals surface area contributed by atoms with E-state index in [0.29, 0.717) is 22.8 Å². The number of phenolic OH excluding ortho intramolecular Hbond substituents is 2. The zero-order chi connectivity index (χ0) is 14.6. The number of benzene rings is 2. The van der Waals surface area contributed by atoms with Crippen molar-refractivity contribution in [3.8, 4) is 23.8 Å². The molecule has 0 atom stereocenters. The van der Waals surface area contributed by atoms with Gasteiger partial charge in [-0.15, -0.1) is 6.42 Å². The third-order valence-electron chi connectivity index (χ3n) is 2.76. The number of terminal acetylenes is 1. The van der Waals surface area contributed by atoms with Crippen molar-refractivity contribution in [1.29, 1.82) is 0 Å². The minimum absolute atomic E-state index is 0.0271. The monoisotopic (exact) mass is 260 g/mol. The van der Waals surface area contributed by atoms with Crippen molar-refractivity contribution in [2.75, 3.05) is 0 Å². The Labute approximate surface area is 112 Å². The lowest BCUT2D eigenvalue weighted by molar-refractivity contribution is 0.468. The molecule has 2 N–H and O–H groups in total. The minimum atomic E-state index is -0.627. The highest BCUT2D eigenvalue weighted by Gasteiger charge is 2.14. The zero-order valence-electron chi connectivity index (χ0n) is 11.3. The van der Waals surface area contributed by atoms with E-state index >= 15 is 0 Å². The number of aryl methyl sites for hydroxylation is 1. The van der Waals surface area contributed by atoms with E-state index in [1.807, 2.05) is 20.8 Å². The Hall–Kier alpha value is -2.21. The lowest BCUT2D eigenvalue weighted by Crippen LogP contribution is -1.92. The molecule has 2 rings (SSSR count). The molecule has 0 aliphatic rings. The van der Waals surface area contributed by atoms with Gasteiger partial charge in [0.15, 0.2) is 0 Å². The molecular weight excluding hydrogens is 243 g/mol. The van der Waals surface area contributed by atoms with Gasteiger partial charge in [-0.05, 0) is 24.1 Å². The molecule has 0 heterocycles. The van der Waals surface area contributed by atoms with Crippen molar-refractivity contribution in [3.05, 3.63) is 35.1 Å². The topological polar surface area (TPSA) is 40.5 Å². The molecule has 0 aliphatic carbocycles. The van der Waals surface area contributed by atoms with E-state index in [9.17, 15) is 14.6 Å². The SMILES string of the molecule is C#Cc1c(F)cc(O)c2cc(O)cc(CC)c12.CC. The van der Waals surface area contributed by atoms with Gasteiger partial charge in [-0.25, -0.2) is 4.39 Å². The summed E-state index contributed by atoms with van der Waals surface area (Å²) in [6.07, 6.45) is 5.88. The van der Waals surface area contributed by atoms with Gasteiger partial charge in [-0.1, -0.05) is 26.7 Å². The molecule has 3 heteroatoms. The highest BCUT2D eigenvalue weighted by atomic mass is 19.1. The van der Waals surface area contributed by atoms with Gasteiger partial charge in [0.2, 0.25) is 0 Å². The van der Waals surface area contributed by atoms with E-state index in [1.165, 1.54) is 12.1 Å². The highest BCUT2D eigenvalue weighted by Crippen LogP contribution is 2.35. The maximum atomic E-state index is 13.6. The Balaban J connectivity index is 0.000000861. The van der Waals surface area contributed by atoms with Crippen LogP contribution in [0, 0.1) is 18.2 Å². The first kappa shape index (κ1) is 14.8. The quantitative estimate of drug-likeness (QED) is 0.762. The number of fused-ring (bicyclic) bond motifs is 1. The predicted molar refractivity (Wildman–Crippen MR) is 75.9 cm³/mol. The lowest BCUT2D eigenvalue weighted by atomic mass is 9.96. The van der Waals surface area contributed by atoms with Gasteiger partial charge in [0.1, 0.15) is 17.3 Å². The molecule has 0 bridgehead atoms. The molecule has 2 aromatic carbocycles. The summed E-state index contributed by atoms with van der Waals surface area (Å²) < 4.78 is 13.6. The summed E-state index contributed by atoms with van der Waals surface area (Å²) in [5.74, 6) is 1.47. The summed E-state index contributed by atoms with van der Waals surface area (Å²) >= 11 is 0. The average molecular weight is 260 g/mol. The van der Waals surface area contributed by atoms with Crippen molar-refractivity contribution in [2.45, 2.75) is 27.2 Å². The Bertz CT molecular complexity index is 639. The van der Waals surface area contributed by atoms with Crippen LogP contribution >= 0.6 is 0 Å². The molecule has 2 aromatic rings. The minimum Gasteiger partial charge on any atom is -0.508 e. The van der Waals surface area contributed by atoms with E-state index in [4.69, 9.17) is 6.42 Å². The van der Waals surface area contributed by atoms with Gasteiger partial charge >= 0.3 is 0 Å². The molecule has 0 radical (unpaired) electrons. The Morgan fingerprint density at radius 3 is 2.37 bits per heavy atom. The van der Waals surface area contributed by atoms with Gasteiger partial charge in [0, 0.05) is 16.8 Å². The second-order valence-corrected chi connectivity index (χ2v) is 3.78. The summed E-state index contributed by atoms with van der Waals surface area (Å²) in [6, 6.07) is 3.88. The van der Waals surface area contributed by atoms with Gasteiger partial charge in [0.25, 0.3) is 0 Å². The molecule has 2 nitrogen and oxygen atoms in total. The van der Waals surface area contributed by atoms with Crippen molar-refractivity contribution >= 4 is 10.8 Å². The number of hydrogen-bond acceptors (Lipinski definition) is 2. The first-order valence-electron chi connectivity index (χ1n) is 6.22. The smallest absolute Gasteiger partial charge is 0.143 e. The third kappa shape index (κ3) is 2.63. The molecular formula is C16H17FO2. The Morgan fingerprint density at radius 2 is 1.84 bits per heavy atom. The number of phenols is 2. The predicted octanol–water partition coefficient (Wildman–Crippen LogP) is 3.96. The molecule has 0 saturated carbocycles. The number of rotatable bonds is 1. The van der Waals surface area contributed by atoms with Gasteiger partial charge in [-0.2, -0.15) is 0 Å². The molecule has 0 unspecified atom stereocenters. The van der Waals surface area contributed by atoms with Crippen LogP contribution in [0.2, 0.25) is 0 Å². The van der Waals surface area contributed by atoms with Gasteiger partial charge in [-0.3, -0.25) is 0 Å². The van der Waals surface area contributed by atoms with Crippen LogP contribution in [-0.2, 0) is 6.42 Å². The molecule has 0 aliphatic heterocycles. The van der Waals surface area contributed by atoms with Crippen molar-refractivity contribution in [1.82, 2.24) is 0 Å². The van der Waals surface area contributed by atoms with E-state index in [2.05, 4.69) is 5.92 Å². The summed E-state index contributed by atoms with van der Waals surface area (Å²) in [5, 5.41) is 20.1. The van der Waals surface area contributed by atoms with Crippen LogP contribution in [0.1, 0.15) is 31.9 Å². The summed E-state index contributed by atoms with van der Waals surface area (Å²) in [7, 11) is 0. The molecule has 0 amide bonds. The molecule has 0 spiro atoms. The molecule has 0 saturated heterocycles.